The van der Waals surface area contributed by atoms with Crippen LogP contribution in [0.15, 0.2) is 28.8 Å². The first kappa shape index (κ1) is 15.3. The molecular weight excluding hydrogens is 296 g/mol. The number of aromatic hydroxyl groups is 1. The van der Waals surface area contributed by atoms with E-state index in [0.717, 1.165) is 24.2 Å². The highest BCUT2D eigenvalue weighted by Crippen LogP contribution is 2.37. The maximum Gasteiger partial charge on any atom is 0.315 e. The van der Waals surface area contributed by atoms with Gasteiger partial charge in [0.05, 0.1) is 6.54 Å². The molecule has 23 heavy (non-hydrogen) atoms. The van der Waals surface area contributed by atoms with Gasteiger partial charge in [-0.05, 0) is 43.9 Å². The summed E-state index contributed by atoms with van der Waals surface area (Å²) < 4.78 is 5.10. The molecule has 0 spiro atoms. The summed E-state index contributed by atoms with van der Waals surface area (Å²) in [6.07, 6.45) is 2.91. The highest BCUT2D eigenvalue weighted by Gasteiger charge is 2.28. The van der Waals surface area contributed by atoms with E-state index in [-0.39, 0.29) is 24.4 Å². The van der Waals surface area contributed by atoms with Crippen molar-refractivity contribution in [3.63, 3.8) is 0 Å². The lowest BCUT2D eigenvalue weighted by Crippen LogP contribution is -2.41. The first-order chi connectivity index (χ1) is 11.1. The molecule has 7 nitrogen and oxygen atoms in total. The lowest BCUT2D eigenvalue weighted by molar-refractivity contribution is 0.235. The fraction of sp³-hybridized carbons (Fsp3) is 0.438. The Hall–Kier alpha value is -2.57. The van der Waals surface area contributed by atoms with E-state index in [4.69, 9.17) is 4.52 Å². The van der Waals surface area contributed by atoms with Gasteiger partial charge in [-0.3, -0.25) is 0 Å². The van der Waals surface area contributed by atoms with E-state index in [9.17, 15) is 9.90 Å². The van der Waals surface area contributed by atoms with E-state index in [2.05, 4.69) is 20.8 Å². The summed E-state index contributed by atoms with van der Waals surface area (Å²) >= 11 is 0. The minimum Gasteiger partial charge on any atom is -0.508 e. The van der Waals surface area contributed by atoms with Crippen molar-refractivity contribution in [3.8, 4) is 5.75 Å². The Morgan fingerprint density at radius 2 is 2.13 bits per heavy atom. The molecule has 2 aromatic rings. The third-order valence-corrected chi connectivity index (χ3v) is 3.68. The number of amides is 2. The number of hydrogen-bond donors (Lipinski definition) is 3. The van der Waals surface area contributed by atoms with E-state index in [1.54, 1.807) is 12.1 Å². The van der Waals surface area contributed by atoms with Gasteiger partial charge in [0.1, 0.15) is 5.75 Å². The summed E-state index contributed by atoms with van der Waals surface area (Å²) in [4.78, 5) is 16.1. The van der Waals surface area contributed by atoms with Gasteiger partial charge in [-0.2, -0.15) is 4.98 Å². The van der Waals surface area contributed by atoms with Crippen LogP contribution >= 0.6 is 0 Å². The van der Waals surface area contributed by atoms with E-state index in [1.165, 1.54) is 0 Å². The molecular formula is C16H20N4O3. The predicted octanol–water partition coefficient (Wildman–Crippen LogP) is 2.08. The molecule has 122 valence electrons. The van der Waals surface area contributed by atoms with Crippen LogP contribution in [-0.2, 0) is 13.0 Å². The summed E-state index contributed by atoms with van der Waals surface area (Å²) in [7, 11) is 0. The average molecular weight is 316 g/mol. The van der Waals surface area contributed by atoms with Gasteiger partial charge in [-0.15, -0.1) is 0 Å². The third kappa shape index (κ3) is 4.45. The zero-order valence-corrected chi connectivity index (χ0v) is 13.0. The fourth-order valence-corrected chi connectivity index (χ4v) is 2.31. The number of carbonyl (C=O) groups is 1. The number of urea groups is 1. The Morgan fingerprint density at radius 1 is 1.39 bits per heavy atom. The van der Waals surface area contributed by atoms with Crippen LogP contribution in [0.25, 0.3) is 0 Å². The summed E-state index contributed by atoms with van der Waals surface area (Å²) in [5.41, 5.74) is 1.04. The van der Waals surface area contributed by atoms with Gasteiger partial charge in [-0.1, -0.05) is 17.3 Å². The summed E-state index contributed by atoms with van der Waals surface area (Å²) in [6.45, 7) is 2.14. The molecule has 1 unspecified atom stereocenters. The van der Waals surface area contributed by atoms with Gasteiger partial charge < -0.3 is 20.3 Å². The largest absolute Gasteiger partial charge is 0.508 e. The van der Waals surface area contributed by atoms with Crippen molar-refractivity contribution in [2.45, 2.75) is 44.7 Å². The molecule has 0 aliphatic heterocycles. The number of hydrogen-bond acceptors (Lipinski definition) is 5. The number of phenolic OH excluding ortho intramolecular Hbond substituents is 1. The second-order valence-electron chi connectivity index (χ2n) is 5.92. The van der Waals surface area contributed by atoms with Crippen LogP contribution in [0, 0.1) is 0 Å². The van der Waals surface area contributed by atoms with Gasteiger partial charge in [0.25, 0.3) is 0 Å². The molecule has 7 heteroatoms. The van der Waals surface area contributed by atoms with Crippen LogP contribution in [0.5, 0.6) is 5.75 Å². The Labute approximate surface area is 134 Å². The summed E-state index contributed by atoms with van der Waals surface area (Å²) in [5.74, 6) is 1.83. The van der Waals surface area contributed by atoms with Crippen LogP contribution in [0.4, 0.5) is 4.79 Å². The number of carbonyl (C=O) groups excluding carboxylic acids is 1. The molecule has 1 saturated carbocycles. The molecule has 1 heterocycles. The summed E-state index contributed by atoms with van der Waals surface area (Å²) in [6, 6.07) is 6.63. The lowest BCUT2D eigenvalue weighted by atomic mass is 10.1. The Morgan fingerprint density at radius 3 is 2.83 bits per heavy atom. The van der Waals surface area contributed by atoms with Crippen molar-refractivity contribution in [1.29, 1.82) is 0 Å². The normalized spacial score (nSPS) is 15.2. The summed E-state index contributed by atoms with van der Waals surface area (Å²) in [5, 5.41) is 18.7. The molecule has 1 aliphatic rings. The van der Waals surface area contributed by atoms with Crippen LogP contribution in [0.3, 0.4) is 0 Å². The maximum atomic E-state index is 11.9. The third-order valence-electron chi connectivity index (χ3n) is 3.68. The van der Waals surface area contributed by atoms with Gasteiger partial charge in [0.15, 0.2) is 5.82 Å². The van der Waals surface area contributed by atoms with Crippen molar-refractivity contribution < 1.29 is 14.4 Å². The van der Waals surface area contributed by atoms with Crippen molar-refractivity contribution in [2.75, 3.05) is 0 Å². The van der Waals surface area contributed by atoms with E-state index in [0.29, 0.717) is 18.2 Å². The Balaban J connectivity index is 1.41. The molecule has 1 aliphatic carbocycles. The molecule has 0 saturated heterocycles. The van der Waals surface area contributed by atoms with Crippen molar-refractivity contribution in [2.24, 2.45) is 0 Å². The fourth-order valence-electron chi connectivity index (χ4n) is 2.31. The van der Waals surface area contributed by atoms with Crippen LogP contribution in [-0.4, -0.2) is 27.3 Å². The van der Waals surface area contributed by atoms with Crippen molar-refractivity contribution in [3.05, 3.63) is 41.5 Å². The second kappa shape index (κ2) is 6.68. The molecule has 1 aromatic carbocycles. The highest BCUT2D eigenvalue weighted by molar-refractivity contribution is 5.74. The molecule has 0 radical (unpaired) electrons. The quantitative estimate of drug-likeness (QED) is 0.757. The zero-order chi connectivity index (χ0) is 16.2. The Bertz CT molecular complexity index is 664. The second-order valence-corrected chi connectivity index (χ2v) is 5.92. The molecule has 3 N–H and O–H groups in total. The van der Waals surface area contributed by atoms with Gasteiger partial charge in [0.2, 0.25) is 5.89 Å². The zero-order valence-electron chi connectivity index (χ0n) is 13.0. The maximum absolute atomic E-state index is 11.9. The van der Waals surface area contributed by atoms with Gasteiger partial charge >= 0.3 is 6.03 Å². The van der Waals surface area contributed by atoms with Crippen LogP contribution < -0.4 is 10.6 Å². The first-order valence-corrected chi connectivity index (χ1v) is 7.75. The molecule has 2 amide bonds. The molecule has 1 fully saturated rings. The monoisotopic (exact) mass is 316 g/mol. The first-order valence-electron chi connectivity index (χ1n) is 7.75. The van der Waals surface area contributed by atoms with E-state index >= 15 is 0 Å². The van der Waals surface area contributed by atoms with Crippen molar-refractivity contribution >= 4 is 6.03 Å². The molecule has 3 rings (SSSR count). The molecule has 1 aromatic heterocycles. The number of aromatic nitrogens is 2. The molecule has 1 atom stereocenters. The smallest absolute Gasteiger partial charge is 0.315 e. The van der Waals surface area contributed by atoms with E-state index in [1.807, 2.05) is 19.1 Å². The SMILES string of the molecule is CC(Cc1ccc(O)cc1)NC(=O)NCc1nc(C2CC2)no1. The van der Waals surface area contributed by atoms with E-state index < -0.39 is 0 Å². The number of phenols is 1. The van der Waals surface area contributed by atoms with Crippen LogP contribution in [0.2, 0.25) is 0 Å². The topological polar surface area (TPSA) is 100 Å². The standard InChI is InChI=1S/C16H20N4O3/c1-10(8-11-2-6-13(21)7-3-11)18-16(22)17-9-14-19-15(20-23-14)12-4-5-12/h2-3,6-7,10,12,21H,4-5,8-9H2,1H3,(H2,17,18,22). The number of rotatable bonds is 6. The number of benzene rings is 1. The van der Waals surface area contributed by atoms with Gasteiger partial charge in [0, 0.05) is 12.0 Å². The minimum absolute atomic E-state index is 0.0377. The average Bonchev–Trinajstić information content (AvgIpc) is 3.26. The Kier molecular flexibility index (Phi) is 4.45. The number of nitrogens with zero attached hydrogens (tertiary/aromatic N) is 2. The number of nitrogens with one attached hydrogen (secondary N) is 2. The lowest BCUT2D eigenvalue weighted by Gasteiger charge is -2.14. The van der Waals surface area contributed by atoms with Crippen LogP contribution in [0.1, 0.15) is 43.0 Å². The minimum atomic E-state index is -0.276. The van der Waals surface area contributed by atoms with Gasteiger partial charge in [-0.25, -0.2) is 4.79 Å². The highest BCUT2D eigenvalue weighted by atomic mass is 16.5. The molecule has 0 bridgehead atoms. The predicted molar refractivity (Wildman–Crippen MR) is 82.9 cm³/mol. The van der Waals surface area contributed by atoms with Crippen molar-refractivity contribution in [1.82, 2.24) is 20.8 Å².